The minimum atomic E-state index is -3.91. The van der Waals surface area contributed by atoms with E-state index in [1.807, 2.05) is 0 Å². The van der Waals surface area contributed by atoms with Crippen molar-refractivity contribution >= 4 is 33.4 Å². The van der Waals surface area contributed by atoms with Gasteiger partial charge in [-0.05, 0) is 48.4 Å². The van der Waals surface area contributed by atoms with Crippen molar-refractivity contribution in [3.05, 3.63) is 59.1 Å². The molecule has 2 aromatic rings. The van der Waals surface area contributed by atoms with E-state index in [2.05, 4.69) is 4.72 Å². The fourth-order valence-electron chi connectivity index (χ4n) is 3.59. The highest BCUT2D eigenvalue weighted by Gasteiger charge is 2.34. The molecular weight excluding hydrogens is 466 g/mol. The van der Waals surface area contributed by atoms with Crippen LogP contribution >= 0.6 is 11.6 Å². The Labute approximate surface area is 199 Å². The van der Waals surface area contributed by atoms with E-state index in [0.717, 1.165) is 0 Å². The lowest BCUT2D eigenvalue weighted by atomic mass is 10.0. The summed E-state index contributed by atoms with van der Waals surface area (Å²) >= 11 is 5.98. The first-order valence-electron chi connectivity index (χ1n) is 10.6. The Hall–Kier alpha value is -2.62. The maximum absolute atomic E-state index is 13.2. The molecule has 2 aromatic carbocycles. The van der Waals surface area contributed by atoms with Gasteiger partial charge in [0, 0.05) is 36.8 Å². The molecular formula is C23H28ClN3O5S. The van der Waals surface area contributed by atoms with Crippen molar-refractivity contribution in [3.63, 3.8) is 0 Å². The van der Waals surface area contributed by atoms with Gasteiger partial charge in [-0.25, -0.2) is 8.42 Å². The summed E-state index contributed by atoms with van der Waals surface area (Å²) < 4.78 is 33.4. The molecule has 0 aromatic heterocycles. The highest BCUT2D eigenvalue weighted by Crippen LogP contribution is 2.19. The Morgan fingerprint density at radius 1 is 1.00 bits per heavy atom. The molecule has 1 fully saturated rings. The third-order valence-corrected chi connectivity index (χ3v) is 7.23. The molecule has 1 atom stereocenters. The lowest BCUT2D eigenvalue weighted by molar-refractivity contribution is -0.135. The van der Waals surface area contributed by atoms with Crippen molar-refractivity contribution in [2.24, 2.45) is 5.92 Å². The summed E-state index contributed by atoms with van der Waals surface area (Å²) in [5, 5.41) is 0.485. The number of rotatable bonds is 7. The molecule has 0 saturated carbocycles. The normalized spacial score (nSPS) is 15.4. The molecule has 33 heavy (non-hydrogen) atoms. The second-order valence-electron chi connectivity index (χ2n) is 8.15. The van der Waals surface area contributed by atoms with Crippen LogP contribution in [0.25, 0.3) is 0 Å². The molecule has 0 unspecified atom stereocenters. The first kappa shape index (κ1) is 25.0. The molecule has 2 amide bonds. The van der Waals surface area contributed by atoms with E-state index in [0.29, 0.717) is 42.5 Å². The van der Waals surface area contributed by atoms with Crippen LogP contribution in [-0.2, 0) is 14.8 Å². The van der Waals surface area contributed by atoms with Gasteiger partial charge < -0.3 is 14.5 Å². The number of nitrogens with zero attached hydrogens (tertiary/aromatic N) is 2. The van der Waals surface area contributed by atoms with Crippen LogP contribution in [-0.4, -0.2) is 69.4 Å². The lowest BCUT2D eigenvalue weighted by Gasteiger charge is -2.37. The van der Waals surface area contributed by atoms with E-state index in [4.69, 9.17) is 16.3 Å². The van der Waals surface area contributed by atoms with Crippen molar-refractivity contribution in [3.8, 4) is 5.75 Å². The topological polar surface area (TPSA) is 96.0 Å². The molecule has 1 aliphatic rings. The second-order valence-corrected chi connectivity index (χ2v) is 10.3. The van der Waals surface area contributed by atoms with Crippen LogP contribution < -0.4 is 9.46 Å². The highest BCUT2D eigenvalue weighted by molar-refractivity contribution is 7.89. The van der Waals surface area contributed by atoms with E-state index in [1.54, 1.807) is 60.0 Å². The number of halogens is 1. The average molecular weight is 494 g/mol. The van der Waals surface area contributed by atoms with Gasteiger partial charge in [0.25, 0.3) is 5.91 Å². The molecule has 0 spiro atoms. The zero-order valence-corrected chi connectivity index (χ0v) is 20.4. The number of hydrogen-bond acceptors (Lipinski definition) is 5. The number of carbonyl (C=O) groups excluding carboxylic acids is 2. The maximum Gasteiger partial charge on any atom is 0.254 e. The summed E-state index contributed by atoms with van der Waals surface area (Å²) in [4.78, 5) is 29.2. The maximum atomic E-state index is 13.2. The molecule has 0 bridgehead atoms. The summed E-state index contributed by atoms with van der Waals surface area (Å²) in [6, 6.07) is 11.8. The molecule has 1 aliphatic heterocycles. The SMILES string of the molecule is COc1ccc(S(=O)(=O)N[C@H](C(=O)N2CCN(C(=O)c3cccc(Cl)c3)CC2)C(C)C)cc1. The zero-order valence-electron chi connectivity index (χ0n) is 18.8. The molecule has 1 N–H and O–H groups in total. The van der Waals surface area contributed by atoms with Gasteiger partial charge in [-0.2, -0.15) is 4.72 Å². The van der Waals surface area contributed by atoms with Crippen molar-refractivity contribution < 1.29 is 22.7 Å². The monoisotopic (exact) mass is 493 g/mol. The fraction of sp³-hybridized carbons (Fsp3) is 0.391. The standard InChI is InChI=1S/C23H28ClN3O5S/c1-16(2)21(25-33(30,31)20-9-7-19(32-3)8-10-20)23(29)27-13-11-26(12-14-27)22(28)17-5-4-6-18(24)15-17/h4-10,15-16,21,25H,11-14H2,1-3H3/t21-/m0/s1. The molecule has 0 radical (unpaired) electrons. The van der Waals surface area contributed by atoms with E-state index < -0.39 is 16.1 Å². The minimum Gasteiger partial charge on any atom is -0.497 e. The van der Waals surface area contributed by atoms with E-state index in [-0.39, 0.29) is 22.6 Å². The third-order valence-electron chi connectivity index (χ3n) is 5.53. The van der Waals surface area contributed by atoms with E-state index >= 15 is 0 Å². The molecule has 3 rings (SSSR count). The van der Waals surface area contributed by atoms with Crippen LogP contribution in [0.4, 0.5) is 0 Å². The molecule has 1 saturated heterocycles. The van der Waals surface area contributed by atoms with Crippen molar-refractivity contribution in [2.75, 3.05) is 33.3 Å². The number of hydrogen-bond donors (Lipinski definition) is 1. The number of ether oxygens (including phenoxy) is 1. The van der Waals surface area contributed by atoms with Gasteiger partial charge in [-0.3, -0.25) is 9.59 Å². The first-order valence-corrected chi connectivity index (χ1v) is 12.5. The predicted molar refractivity (Wildman–Crippen MR) is 126 cm³/mol. The minimum absolute atomic E-state index is 0.0543. The van der Waals surface area contributed by atoms with Crippen molar-refractivity contribution in [1.82, 2.24) is 14.5 Å². The highest BCUT2D eigenvalue weighted by atomic mass is 35.5. The summed E-state index contributed by atoms with van der Waals surface area (Å²) in [6.45, 7) is 4.92. The number of sulfonamides is 1. The summed E-state index contributed by atoms with van der Waals surface area (Å²) in [5.74, 6) is -0.186. The molecule has 1 heterocycles. The van der Waals surface area contributed by atoms with Crippen molar-refractivity contribution in [2.45, 2.75) is 24.8 Å². The van der Waals surface area contributed by atoms with Crippen LogP contribution in [0.2, 0.25) is 5.02 Å². The molecule has 0 aliphatic carbocycles. The van der Waals surface area contributed by atoms with Crippen LogP contribution in [0.1, 0.15) is 24.2 Å². The number of amides is 2. The summed E-state index contributed by atoms with van der Waals surface area (Å²) in [6.07, 6.45) is 0. The van der Waals surface area contributed by atoms with Crippen LogP contribution in [0, 0.1) is 5.92 Å². The Bertz CT molecular complexity index is 1100. The van der Waals surface area contributed by atoms with Gasteiger partial charge in [0.1, 0.15) is 11.8 Å². The van der Waals surface area contributed by atoms with Gasteiger partial charge in [-0.15, -0.1) is 0 Å². The lowest BCUT2D eigenvalue weighted by Crippen LogP contribution is -2.57. The van der Waals surface area contributed by atoms with Crippen LogP contribution in [0.5, 0.6) is 5.75 Å². The smallest absolute Gasteiger partial charge is 0.254 e. The van der Waals surface area contributed by atoms with Crippen LogP contribution in [0.15, 0.2) is 53.4 Å². The van der Waals surface area contributed by atoms with Gasteiger partial charge in [0.15, 0.2) is 0 Å². The number of methoxy groups -OCH3 is 1. The molecule has 10 heteroatoms. The third kappa shape index (κ3) is 6.04. The van der Waals surface area contributed by atoms with Gasteiger partial charge >= 0.3 is 0 Å². The summed E-state index contributed by atoms with van der Waals surface area (Å²) in [5.41, 5.74) is 0.495. The largest absolute Gasteiger partial charge is 0.497 e. The van der Waals surface area contributed by atoms with E-state index in [9.17, 15) is 18.0 Å². The van der Waals surface area contributed by atoms with Crippen molar-refractivity contribution in [1.29, 1.82) is 0 Å². The van der Waals surface area contributed by atoms with Crippen LogP contribution in [0.3, 0.4) is 0 Å². The fourth-order valence-corrected chi connectivity index (χ4v) is 5.12. The average Bonchev–Trinajstić information content (AvgIpc) is 2.81. The van der Waals surface area contributed by atoms with Gasteiger partial charge in [0.2, 0.25) is 15.9 Å². The second kappa shape index (κ2) is 10.5. The van der Waals surface area contributed by atoms with Gasteiger partial charge in [-0.1, -0.05) is 31.5 Å². The number of nitrogens with one attached hydrogen (secondary N) is 1. The number of benzene rings is 2. The Morgan fingerprint density at radius 3 is 2.15 bits per heavy atom. The first-order chi connectivity index (χ1) is 15.6. The molecule has 178 valence electrons. The Morgan fingerprint density at radius 2 is 1.61 bits per heavy atom. The summed E-state index contributed by atoms with van der Waals surface area (Å²) in [7, 11) is -2.41. The van der Waals surface area contributed by atoms with E-state index in [1.165, 1.54) is 19.2 Å². The van der Waals surface area contributed by atoms with Gasteiger partial charge in [0.05, 0.1) is 12.0 Å². The predicted octanol–water partition coefficient (Wildman–Crippen LogP) is 2.64. The Balaban J connectivity index is 1.66. The molecule has 8 nitrogen and oxygen atoms in total. The zero-order chi connectivity index (χ0) is 24.2. The number of piperazine rings is 1. The Kier molecular flexibility index (Phi) is 7.99. The quantitative estimate of drug-likeness (QED) is 0.639. The number of carbonyl (C=O) groups is 2.